The molecular weight excluding hydrogens is 320 g/mol. The quantitative estimate of drug-likeness (QED) is 0.669. The molecule has 0 saturated carbocycles. The minimum Gasteiger partial charge on any atom is -0.398 e. The highest BCUT2D eigenvalue weighted by Gasteiger charge is 2.06. The highest BCUT2D eigenvalue weighted by atomic mass is 14.7. The first kappa shape index (κ1) is 17.6. The molecule has 0 aliphatic heterocycles. The SMILES string of the molecule is NCc1ccc(-c2ccccc2)cc1/C(N)=C/C=NCc1cccnc1. The Bertz CT molecular complexity index is 900. The maximum Gasteiger partial charge on any atom is 0.0654 e. The van der Waals surface area contributed by atoms with Crippen molar-refractivity contribution in [1.82, 2.24) is 4.98 Å². The molecule has 4 heteroatoms. The molecule has 0 fully saturated rings. The van der Waals surface area contributed by atoms with Gasteiger partial charge in [0.25, 0.3) is 0 Å². The van der Waals surface area contributed by atoms with E-state index >= 15 is 0 Å². The molecule has 0 amide bonds. The molecule has 0 saturated heterocycles. The third-order valence-electron chi connectivity index (χ3n) is 4.10. The van der Waals surface area contributed by atoms with Gasteiger partial charge in [-0.3, -0.25) is 9.98 Å². The van der Waals surface area contributed by atoms with Crippen molar-refractivity contribution in [3.05, 3.63) is 95.8 Å². The maximum absolute atomic E-state index is 6.30. The van der Waals surface area contributed by atoms with Crippen LogP contribution in [0, 0.1) is 0 Å². The lowest BCUT2D eigenvalue weighted by molar-refractivity contribution is 1.05. The van der Waals surface area contributed by atoms with Crippen LogP contribution in [-0.2, 0) is 13.1 Å². The van der Waals surface area contributed by atoms with Crippen molar-refractivity contribution < 1.29 is 0 Å². The van der Waals surface area contributed by atoms with Crippen molar-refractivity contribution >= 4 is 11.9 Å². The number of hydrogen-bond donors (Lipinski definition) is 2. The summed E-state index contributed by atoms with van der Waals surface area (Å²) in [6.45, 7) is 1.01. The van der Waals surface area contributed by atoms with Gasteiger partial charge in [0.15, 0.2) is 0 Å². The Morgan fingerprint density at radius 2 is 1.85 bits per heavy atom. The average Bonchev–Trinajstić information content (AvgIpc) is 2.72. The molecule has 1 aromatic heterocycles. The third-order valence-corrected chi connectivity index (χ3v) is 4.10. The molecule has 3 aromatic rings. The van der Waals surface area contributed by atoms with E-state index in [-0.39, 0.29) is 0 Å². The van der Waals surface area contributed by atoms with E-state index in [2.05, 4.69) is 34.2 Å². The van der Waals surface area contributed by atoms with Gasteiger partial charge in [0.1, 0.15) is 0 Å². The number of aromatic nitrogens is 1. The predicted molar refractivity (Wildman–Crippen MR) is 108 cm³/mol. The molecule has 4 nitrogen and oxygen atoms in total. The van der Waals surface area contributed by atoms with Gasteiger partial charge < -0.3 is 11.5 Å². The number of hydrogen-bond acceptors (Lipinski definition) is 4. The fourth-order valence-corrected chi connectivity index (χ4v) is 2.71. The first-order valence-corrected chi connectivity index (χ1v) is 8.51. The van der Waals surface area contributed by atoms with Crippen LogP contribution in [-0.4, -0.2) is 11.2 Å². The first-order chi connectivity index (χ1) is 12.8. The van der Waals surface area contributed by atoms with Gasteiger partial charge in [0.2, 0.25) is 0 Å². The van der Waals surface area contributed by atoms with Gasteiger partial charge in [-0.15, -0.1) is 0 Å². The van der Waals surface area contributed by atoms with Gasteiger partial charge in [0.05, 0.1) is 6.54 Å². The zero-order valence-corrected chi connectivity index (χ0v) is 14.5. The van der Waals surface area contributed by atoms with Crippen LogP contribution in [0.2, 0.25) is 0 Å². The number of rotatable bonds is 6. The Kier molecular flexibility index (Phi) is 5.91. The van der Waals surface area contributed by atoms with Crippen molar-refractivity contribution in [3.63, 3.8) is 0 Å². The molecular formula is C22H22N4. The molecule has 0 atom stereocenters. The van der Waals surface area contributed by atoms with E-state index in [0.29, 0.717) is 18.8 Å². The molecule has 2 aromatic carbocycles. The van der Waals surface area contributed by atoms with Gasteiger partial charge in [-0.25, -0.2) is 0 Å². The minimum atomic E-state index is 0.436. The largest absolute Gasteiger partial charge is 0.398 e. The average molecular weight is 342 g/mol. The highest BCUT2D eigenvalue weighted by Crippen LogP contribution is 2.25. The highest BCUT2D eigenvalue weighted by molar-refractivity contribution is 5.85. The van der Waals surface area contributed by atoms with E-state index in [1.54, 1.807) is 18.6 Å². The minimum absolute atomic E-state index is 0.436. The van der Waals surface area contributed by atoms with Gasteiger partial charge in [0, 0.05) is 36.4 Å². The van der Waals surface area contributed by atoms with Crippen LogP contribution in [0.4, 0.5) is 0 Å². The zero-order chi connectivity index (χ0) is 18.2. The smallest absolute Gasteiger partial charge is 0.0654 e. The fourth-order valence-electron chi connectivity index (χ4n) is 2.71. The molecule has 0 spiro atoms. The van der Waals surface area contributed by atoms with Crippen molar-refractivity contribution in [3.8, 4) is 11.1 Å². The molecule has 130 valence electrons. The van der Waals surface area contributed by atoms with Crippen LogP contribution < -0.4 is 11.5 Å². The van der Waals surface area contributed by atoms with E-state index in [0.717, 1.165) is 27.8 Å². The van der Waals surface area contributed by atoms with Crippen LogP contribution in [0.15, 0.2) is 84.1 Å². The topological polar surface area (TPSA) is 77.3 Å². The van der Waals surface area contributed by atoms with E-state index < -0.39 is 0 Å². The molecule has 3 rings (SSSR count). The third kappa shape index (κ3) is 4.43. The Labute approximate surface area is 153 Å². The van der Waals surface area contributed by atoms with Crippen molar-refractivity contribution in [1.29, 1.82) is 0 Å². The van der Waals surface area contributed by atoms with E-state index in [9.17, 15) is 0 Å². The Morgan fingerprint density at radius 3 is 2.58 bits per heavy atom. The Balaban J connectivity index is 1.82. The number of nitrogens with zero attached hydrogens (tertiary/aromatic N) is 2. The van der Waals surface area contributed by atoms with E-state index in [1.165, 1.54) is 0 Å². The number of nitrogens with two attached hydrogens (primary N) is 2. The summed E-state index contributed by atoms with van der Waals surface area (Å²) in [6, 6.07) is 20.3. The summed E-state index contributed by atoms with van der Waals surface area (Å²) in [5.41, 5.74) is 18.1. The summed E-state index contributed by atoms with van der Waals surface area (Å²) >= 11 is 0. The molecule has 0 aliphatic rings. The van der Waals surface area contributed by atoms with Crippen molar-refractivity contribution in [2.45, 2.75) is 13.1 Å². The number of pyridine rings is 1. The van der Waals surface area contributed by atoms with Gasteiger partial charge in [-0.05, 0) is 40.5 Å². The second kappa shape index (κ2) is 8.74. The standard InChI is InChI=1S/C22H22N4/c23-14-20-9-8-19(18-6-2-1-3-7-18)13-21(20)22(24)10-12-26-16-17-5-4-11-25-15-17/h1-13,15H,14,16,23-24H2/b22-10-,26-12?. The first-order valence-electron chi connectivity index (χ1n) is 8.51. The summed E-state index contributed by atoms with van der Waals surface area (Å²) in [5, 5.41) is 0. The molecule has 0 radical (unpaired) electrons. The summed E-state index contributed by atoms with van der Waals surface area (Å²) < 4.78 is 0. The van der Waals surface area contributed by atoms with Gasteiger partial charge in [-0.1, -0.05) is 48.5 Å². The van der Waals surface area contributed by atoms with Crippen LogP contribution in [0.25, 0.3) is 16.8 Å². The lowest BCUT2D eigenvalue weighted by Gasteiger charge is -2.11. The fraction of sp³-hybridized carbons (Fsp3) is 0.0909. The lowest BCUT2D eigenvalue weighted by atomic mass is 9.97. The van der Waals surface area contributed by atoms with Crippen LogP contribution in [0.1, 0.15) is 16.7 Å². The van der Waals surface area contributed by atoms with Crippen LogP contribution >= 0.6 is 0 Å². The molecule has 4 N–H and O–H groups in total. The molecule has 1 heterocycles. The number of aliphatic imine (C=N–C) groups is 1. The predicted octanol–water partition coefficient (Wildman–Crippen LogP) is 3.78. The maximum atomic E-state index is 6.30. The van der Waals surface area contributed by atoms with Crippen molar-refractivity contribution in [2.75, 3.05) is 0 Å². The normalized spacial score (nSPS) is 11.8. The molecule has 0 bridgehead atoms. The Morgan fingerprint density at radius 1 is 1.00 bits per heavy atom. The summed E-state index contributed by atoms with van der Waals surface area (Å²) in [4.78, 5) is 8.47. The lowest BCUT2D eigenvalue weighted by Crippen LogP contribution is -2.06. The summed E-state index contributed by atoms with van der Waals surface area (Å²) in [7, 11) is 0. The monoisotopic (exact) mass is 342 g/mol. The number of allylic oxidation sites excluding steroid dienone is 1. The summed E-state index contributed by atoms with van der Waals surface area (Å²) in [6.07, 6.45) is 7.11. The molecule has 0 unspecified atom stereocenters. The van der Waals surface area contributed by atoms with Crippen LogP contribution in [0.3, 0.4) is 0 Å². The van der Waals surface area contributed by atoms with E-state index in [1.807, 2.05) is 42.5 Å². The second-order valence-electron chi connectivity index (χ2n) is 5.92. The number of benzene rings is 2. The van der Waals surface area contributed by atoms with E-state index in [4.69, 9.17) is 11.5 Å². The molecule has 26 heavy (non-hydrogen) atoms. The Hall–Kier alpha value is -3.24. The second-order valence-corrected chi connectivity index (χ2v) is 5.92. The van der Waals surface area contributed by atoms with Crippen LogP contribution in [0.5, 0.6) is 0 Å². The van der Waals surface area contributed by atoms with Gasteiger partial charge in [-0.2, -0.15) is 0 Å². The van der Waals surface area contributed by atoms with Gasteiger partial charge >= 0.3 is 0 Å². The molecule has 0 aliphatic carbocycles. The summed E-state index contributed by atoms with van der Waals surface area (Å²) in [5.74, 6) is 0. The zero-order valence-electron chi connectivity index (χ0n) is 14.5. The van der Waals surface area contributed by atoms with Crippen molar-refractivity contribution in [2.24, 2.45) is 16.5 Å².